The first-order valence-electron chi connectivity index (χ1n) is 10.2. The first-order chi connectivity index (χ1) is 14.4. The zero-order valence-electron chi connectivity index (χ0n) is 16.6. The normalized spacial score (nSPS) is 11.6. The fourth-order valence-electron chi connectivity index (χ4n) is 3.93. The Morgan fingerprint density at radius 1 is 0.483 bits per heavy atom. The third-order valence-electron chi connectivity index (χ3n) is 5.33. The molecule has 142 valence electrons. The number of rotatable bonds is 7. The summed E-state index contributed by atoms with van der Waals surface area (Å²) in [7, 11) is -1.73. The maximum Gasteiger partial charge on any atom is 0.112 e. The summed E-state index contributed by atoms with van der Waals surface area (Å²) in [5.41, 5.74) is 1.26. The van der Waals surface area contributed by atoms with Crippen LogP contribution in [0.15, 0.2) is 127 Å². The summed E-state index contributed by atoms with van der Waals surface area (Å²) in [6, 6.07) is 43.8. The van der Waals surface area contributed by atoms with Gasteiger partial charge in [0.05, 0.1) is 6.16 Å². The minimum Gasteiger partial charge on any atom is -0.0803 e. The van der Waals surface area contributed by atoms with Crippen molar-refractivity contribution in [1.29, 1.82) is 0 Å². The van der Waals surface area contributed by atoms with Crippen molar-refractivity contribution in [2.75, 3.05) is 6.16 Å². The van der Waals surface area contributed by atoms with Crippen LogP contribution in [0, 0.1) is 0 Å². The van der Waals surface area contributed by atoms with E-state index in [1.54, 1.807) is 0 Å². The summed E-state index contributed by atoms with van der Waals surface area (Å²) in [5.74, 6) is 0. The molecule has 0 heterocycles. The fourth-order valence-corrected chi connectivity index (χ4v) is 8.18. The van der Waals surface area contributed by atoms with Crippen molar-refractivity contribution in [1.82, 2.24) is 0 Å². The third kappa shape index (κ3) is 4.39. The zero-order valence-corrected chi connectivity index (χ0v) is 17.5. The van der Waals surface area contributed by atoms with Gasteiger partial charge in [-0.1, -0.05) is 97.1 Å². The van der Waals surface area contributed by atoms with Crippen LogP contribution in [-0.2, 0) is 0 Å². The second-order valence-corrected chi connectivity index (χ2v) is 10.8. The zero-order chi connectivity index (χ0) is 19.8. The van der Waals surface area contributed by atoms with E-state index in [1.807, 2.05) is 0 Å². The van der Waals surface area contributed by atoms with Gasteiger partial charge in [-0.2, -0.15) is 0 Å². The molecule has 0 aliphatic carbocycles. The third-order valence-corrected chi connectivity index (χ3v) is 9.80. The summed E-state index contributed by atoms with van der Waals surface area (Å²) in [4.78, 5) is 0. The molecule has 0 saturated carbocycles. The Bertz CT molecular complexity index is 926. The van der Waals surface area contributed by atoms with E-state index in [0.29, 0.717) is 0 Å². The van der Waals surface area contributed by atoms with Crippen molar-refractivity contribution >= 4 is 29.3 Å². The van der Waals surface area contributed by atoms with Crippen LogP contribution in [0.2, 0.25) is 0 Å². The Morgan fingerprint density at radius 2 is 0.862 bits per heavy atom. The molecular weight excluding hydrogens is 367 g/mol. The predicted molar refractivity (Wildman–Crippen MR) is 130 cm³/mol. The van der Waals surface area contributed by atoms with Crippen LogP contribution < -0.4 is 15.9 Å². The number of benzene rings is 4. The van der Waals surface area contributed by atoms with Crippen molar-refractivity contribution in [2.45, 2.75) is 6.42 Å². The highest BCUT2D eigenvalue weighted by Gasteiger charge is 2.44. The van der Waals surface area contributed by atoms with Gasteiger partial charge in [0, 0.05) is 6.42 Å². The van der Waals surface area contributed by atoms with Crippen molar-refractivity contribution in [3.8, 4) is 0 Å². The van der Waals surface area contributed by atoms with Gasteiger partial charge in [-0.25, -0.2) is 0 Å². The van der Waals surface area contributed by atoms with E-state index < -0.39 is 7.26 Å². The van der Waals surface area contributed by atoms with E-state index in [9.17, 15) is 0 Å². The van der Waals surface area contributed by atoms with Crippen LogP contribution in [0.3, 0.4) is 0 Å². The van der Waals surface area contributed by atoms with Crippen LogP contribution >= 0.6 is 7.26 Å². The topological polar surface area (TPSA) is 0 Å². The molecule has 0 nitrogen and oxygen atoms in total. The van der Waals surface area contributed by atoms with Crippen molar-refractivity contribution in [2.24, 2.45) is 0 Å². The predicted octanol–water partition coefficient (Wildman–Crippen LogP) is 6.08. The first-order valence-corrected chi connectivity index (χ1v) is 12.1. The average molecular weight is 393 g/mol. The van der Waals surface area contributed by atoms with Crippen LogP contribution in [0.25, 0.3) is 6.08 Å². The number of allylic oxidation sites excluding steroid dienone is 1. The minimum absolute atomic E-state index is 1.04. The lowest BCUT2D eigenvalue weighted by atomic mass is 10.2. The Balaban J connectivity index is 1.76. The van der Waals surface area contributed by atoms with Crippen molar-refractivity contribution in [3.05, 3.63) is 133 Å². The largest absolute Gasteiger partial charge is 0.112 e. The second kappa shape index (κ2) is 9.50. The molecule has 29 heavy (non-hydrogen) atoms. The lowest BCUT2D eigenvalue weighted by Gasteiger charge is -2.27. The van der Waals surface area contributed by atoms with Crippen LogP contribution in [0.4, 0.5) is 0 Å². The van der Waals surface area contributed by atoms with Gasteiger partial charge in [-0.15, -0.1) is 0 Å². The molecule has 0 fully saturated rings. The second-order valence-electron chi connectivity index (χ2n) is 7.14. The summed E-state index contributed by atoms with van der Waals surface area (Å²) in [6.07, 6.45) is 6.74. The molecule has 0 N–H and O–H groups in total. The Hall–Kier alpha value is -2.95. The van der Waals surface area contributed by atoms with Gasteiger partial charge in [0.15, 0.2) is 0 Å². The minimum atomic E-state index is -1.73. The summed E-state index contributed by atoms with van der Waals surface area (Å²) >= 11 is 0. The van der Waals surface area contributed by atoms with E-state index >= 15 is 0 Å². The molecule has 0 atom stereocenters. The molecule has 1 heteroatoms. The van der Waals surface area contributed by atoms with E-state index in [0.717, 1.165) is 12.6 Å². The van der Waals surface area contributed by atoms with Crippen LogP contribution in [0.1, 0.15) is 12.0 Å². The quantitative estimate of drug-likeness (QED) is 0.334. The molecule has 0 amide bonds. The van der Waals surface area contributed by atoms with Gasteiger partial charge in [0.25, 0.3) is 0 Å². The van der Waals surface area contributed by atoms with Crippen molar-refractivity contribution < 1.29 is 0 Å². The van der Waals surface area contributed by atoms with Gasteiger partial charge in [0.1, 0.15) is 23.2 Å². The number of hydrogen-bond acceptors (Lipinski definition) is 0. The first kappa shape index (κ1) is 19.4. The Labute approximate surface area is 174 Å². The maximum atomic E-state index is 2.33. The van der Waals surface area contributed by atoms with Gasteiger partial charge < -0.3 is 0 Å². The molecule has 4 aromatic carbocycles. The highest BCUT2D eigenvalue weighted by molar-refractivity contribution is 7.95. The molecule has 4 aromatic rings. The SMILES string of the molecule is C(=C\c1ccccc1)/CC[P+](c1ccccc1)(c1ccccc1)c1ccccc1. The Kier molecular flexibility index (Phi) is 6.35. The molecule has 0 spiro atoms. The highest BCUT2D eigenvalue weighted by atomic mass is 31.2. The number of hydrogen-bond donors (Lipinski definition) is 0. The molecule has 0 aliphatic rings. The molecule has 0 saturated heterocycles. The monoisotopic (exact) mass is 393 g/mol. The molecular formula is C28H26P+. The van der Waals surface area contributed by atoms with E-state index in [1.165, 1.54) is 21.5 Å². The average Bonchev–Trinajstić information content (AvgIpc) is 2.82. The summed E-state index contributed by atoms with van der Waals surface area (Å²) < 4.78 is 0. The molecule has 0 unspecified atom stereocenters. The van der Waals surface area contributed by atoms with E-state index in [2.05, 4.69) is 133 Å². The van der Waals surface area contributed by atoms with Crippen molar-refractivity contribution in [3.63, 3.8) is 0 Å². The van der Waals surface area contributed by atoms with Crippen LogP contribution in [0.5, 0.6) is 0 Å². The molecule has 0 bridgehead atoms. The lowest BCUT2D eigenvalue weighted by Crippen LogP contribution is -2.33. The molecule has 0 aliphatic heterocycles. The smallest absolute Gasteiger partial charge is 0.0803 e. The van der Waals surface area contributed by atoms with Crippen LogP contribution in [-0.4, -0.2) is 6.16 Å². The summed E-state index contributed by atoms with van der Waals surface area (Å²) in [5, 5.41) is 4.35. The lowest BCUT2D eigenvalue weighted by molar-refractivity contribution is 1.24. The van der Waals surface area contributed by atoms with Gasteiger partial charge in [-0.05, 0) is 42.0 Å². The summed E-state index contributed by atoms with van der Waals surface area (Å²) in [6.45, 7) is 0. The maximum absolute atomic E-state index is 2.33. The van der Waals surface area contributed by atoms with E-state index in [-0.39, 0.29) is 0 Å². The molecule has 0 radical (unpaired) electrons. The van der Waals surface area contributed by atoms with Gasteiger partial charge in [0.2, 0.25) is 0 Å². The fraction of sp³-hybridized carbons (Fsp3) is 0.0714. The standard InChI is InChI=1S/C28H26P/c1-5-15-25(16-6-1)17-13-14-24-29(26-18-7-2-8-19-26,27-20-9-3-10-21-27)28-22-11-4-12-23-28/h1-13,15-23H,14,24H2/q+1/b17-13+. The Morgan fingerprint density at radius 3 is 1.28 bits per heavy atom. The molecule has 0 aromatic heterocycles. The highest BCUT2D eigenvalue weighted by Crippen LogP contribution is 2.55. The van der Waals surface area contributed by atoms with E-state index in [4.69, 9.17) is 0 Å². The molecule has 4 rings (SSSR count). The van der Waals surface area contributed by atoms with Gasteiger partial charge >= 0.3 is 0 Å². The van der Waals surface area contributed by atoms with Gasteiger partial charge in [-0.3, -0.25) is 0 Å².